The van der Waals surface area contributed by atoms with Gasteiger partial charge in [0.05, 0.1) is 0 Å². The second-order valence-electron chi connectivity index (χ2n) is 3.34. The molecule has 64 valence electrons. The highest BCUT2D eigenvalue weighted by Gasteiger charge is 1.91. The molecule has 12 heavy (non-hydrogen) atoms. The molecule has 0 atom stereocenters. The Hall–Kier alpha value is -1.11. The molecule has 1 aromatic heterocycles. The van der Waals surface area contributed by atoms with Gasteiger partial charge in [0, 0.05) is 12.4 Å². The Labute approximate surface area is 74.2 Å². The highest BCUT2D eigenvalue weighted by Crippen LogP contribution is 2.08. The lowest BCUT2D eigenvalue weighted by Gasteiger charge is -1.98. The molecular formula is C11H15N. The van der Waals surface area contributed by atoms with Crippen LogP contribution in [0.15, 0.2) is 24.5 Å². The van der Waals surface area contributed by atoms with Gasteiger partial charge in [-0.3, -0.25) is 4.98 Å². The molecule has 0 fully saturated rings. The van der Waals surface area contributed by atoms with Crippen LogP contribution in [-0.2, 0) is 0 Å². The molecule has 1 nitrogen and oxygen atoms in total. The van der Waals surface area contributed by atoms with Crippen LogP contribution in [-0.4, -0.2) is 4.98 Å². The van der Waals surface area contributed by atoms with Gasteiger partial charge in [-0.1, -0.05) is 26.0 Å². The van der Waals surface area contributed by atoms with E-state index < -0.39 is 0 Å². The highest BCUT2D eigenvalue weighted by molar-refractivity contribution is 5.52. The van der Waals surface area contributed by atoms with Crippen molar-refractivity contribution in [3.8, 4) is 0 Å². The van der Waals surface area contributed by atoms with E-state index in [1.54, 1.807) is 0 Å². The first-order chi connectivity index (χ1) is 5.70. The highest BCUT2D eigenvalue weighted by atomic mass is 14.6. The maximum Gasteiger partial charge on any atom is 0.0303 e. The summed E-state index contributed by atoms with van der Waals surface area (Å²) in [6, 6.07) is 2.04. The molecule has 1 rings (SSSR count). The number of allylic oxidation sites excluding steroid dienone is 1. The van der Waals surface area contributed by atoms with Gasteiger partial charge in [0.2, 0.25) is 0 Å². The van der Waals surface area contributed by atoms with Gasteiger partial charge >= 0.3 is 0 Å². The van der Waals surface area contributed by atoms with Crippen molar-refractivity contribution < 1.29 is 0 Å². The zero-order valence-corrected chi connectivity index (χ0v) is 7.91. The molecular weight excluding hydrogens is 146 g/mol. The number of hydrogen-bond acceptors (Lipinski definition) is 1. The summed E-state index contributed by atoms with van der Waals surface area (Å²) in [6.07, 6.45) is 8.07. The third-order valence-electron chi connectivity index (χ3n) is 1.72. The van der Waals surface area contributed by atoms with Crippen molar-refractivity contribution in [3.63, 3.8) is 0 Å². The van der Waals surface area contributed by atoms with Gasteiger partial charge in [-0.15, -0.1) is 0 Å². The largest absolute Gasteiger partial charge is 0.264 e. The average Bonchev–Trinajstić information content (AvgIpc) is 2.03. The lowest BCUT2D eigenvalue weighted by molar-refractivity contribution is 0.836. The Morgan fingerprint density at radius 3 is 2.75 bits per heavy atom. The van der Waals surface area contributed by atoms with Crippen LogP contribution in [0.2, 0.25) is 0 Å². The molecule has 0 amide bonds. The van der Waals surface area contributed by atoms with Crippen LogP contribution in [0.1, 0.15) is 25.0 Å². The van der Waals surface area contributed by atoms with E-state index in [9.17, 15) is 0 Å². The lowest BCUT2D eigenvalue weighted by atomic mass is 10.1. The van der Waals surface area contributed by atoms with E-state index in [1.807, 2.05) is 18.5 Å². The molecule has 1 heteroatoms. The Bertz CT molecular complexity index is 274. The van der Waals surface area contributed by atoms with Gasteiger partial charge in [0.25, 0.3) is 0 Å². The van der Waals surface area contributed by atoms with Crippen molar-refractivity contribution in [2.24, 2.45) is 5.92 Å². The van der Waals surface area contributed by atoms with Crippen LogP contribution >= 0.6 is 0 Å². The van der Waals surface area contributed by atoms with Crippen LogP contribution in [0.3, 0.4) is 0 Å². The third kappa shape index (κ3) is 2.50. The molecule has 0 aliphatic heterocycles. The second kappa shape index (κ2) is 4.05. The van der Waals surface area contributed by atoms with E-state index in [-0.39, 0.29) is 0 Å². The molecule has 0 aromatic carbocycles. The Morgan fingerprint density at radius 1 is 1.42 bits per heavy atom. The Morgan fingerprint density at radius 2 is 2.17 bits per heavy atom. The van der Waals surface area contributed by atoms with Crippen LogP contribution < -0.4 is 0 Å². The monoisotopic (exact) mass is 161 g/mol. The fourth-order valence-corrected chi connectivity index (χ4v) is 0.967. The first-order valence-electron chi connectivity index (χ1n) is 4.29. The summed E-state index contributed by atoms with van der Waals surface area (Å²) in [5, 5.41) is 0. The molecule has 0 aliphatic carbocycles. The summed E-state index contributed by atoms with van der Waals surface area (Å²) in [5.74, 6) is 0.609. The maximum atomic E-state index is 4.04. The van der Waals surface area contributed by atoms with Crippen molar-refractivity contribution in [1.29, 1.82) is 0 Å². The molecule has 0 radical (unpaired) electrons. The number of pyridine rings is 1. The summed E-state index contributed by atoms with van der Waals surface area (Å²) in [7, 11) is 0. The number of rotatable bonds is 2. The summed E-state index contributed by atoms with van der Waals surface area (Å²) >= 11 is 0. The molecule has 0 N–H and O–H groups in total. The van der Waals surface area contributed by atoms with Gasteiger partial charge < -0.3 is 0 Å². The van der Waals surface area contributed by atoms with E-state index in [0.29, 0.717) is 5.92 Å². The quantitative estimate of drug-likeness (QED) is 0.649. The first kappa shape index (κ1) is 8.98. The molecule has 0 saturated heterocycles. The SMILES string of the molecule is Cc1cnccc1/C=C/C(C)C. The van der Waals surface area contributed by atoms with Crippen LogP contribution in [0.4, 0.5) is 0 Å². The van der Waals surface area contributed by atoms with Crippen LogP contribution in [0, 0.1) is 12.8 Å². The number of nitrogens with zero attached hydrogens (tertiary/aromatic N) is 1. The maximum absolute atomic E-state index is 4.04. The smallest absolute Gasteiger partial charge is 0.0303 e. The zero-order valence-electron chi connectivity index (χ0n) is 7.91. The number of hydrogen-bond donors (Lipinski definition) is 0. The predicted molar refractivity (Wildman–Crippen MR) is 52.8 cm³/mol. The minimum absolute atomic E-state index is 0.609. The molecule has 1 aromatic rings. The van der Waals surface area contributed by atoms with E-state index in [2.05, 4.69) is 37.9 Å². The number of aryl methyl sites for hydroxylation is 1. The molecule has 0 spiro atoms. The normalized spacial score (nSPS) is 11.3. The summed E-state index contributed by atoms with van der Waals surface area (Å²) < 4.78 is 0. The average molecular weight is 161 g/mol. The second-order valence-corrected chi connectivity index (χ2v) is 3.34. The summed E-state index contributed by atoms with van der Waals surface area (Å²) in [6.45, 7) is 6.42. The van der Waals surface area contributed by atoms with E-state index in [1.165, 1.54) is 11.1 Å². The first-order valence-corrected chi connectivity index (χ1v) is 4.29. The van der Waals surface area contributed by atoms with Gasteiger partial charge in [0.15, 0.2) is 0 Å². The van der Waals surface area contributed by atoms with Crippen molar-refractivity contribution in [3.05, 3.63) is 35.7 Å². The van der Waals surface area contributed by atoms with E-state index >= 15 is 0 Å². The molecule has 0 unspecified atom stereocenters. The third-order valence-corrected chi connectivity index (χ3v) is 1.72. The minimum Gasteiger partial charge on any atom is -0.264 e. The topological polar surface area (TPSA) is 12.9 Å². The van der Waals surface area contributed by atoms with Gasteiger partial charge in [0.1, 0.15) is 0 Å². The lowest BCUT2D eigenvalue weighted by Crippen LogP contribution is -1.83. The molecule has 0 aliphatic rings. The van der Waals surface area contributed by atoms with Crippen molar-refractivity contribution >= 4 is 6.08 Å². The van der Waals surface area contributed by atoms with Gasteiger partial charge in [-0.2, -0.15) is 0 Å². The van der Waals surface area contributed by atoms with Crippen LogP contribution in [0.5, 0.6) is 0 Å². The van der Waals surface area contributed by atoms with Crippen molar-refractivity contribution in [2.75, 3.05) is 0 Å². The molecule has 0 bridgehead atoms. The minimum atomic E-state index is 0.609. The Kier molecular flexibility index (Phi) is 3.03. The van der Waals surface area contributed by atoms with E-state index in [0.717, 1.165) is 0 Å². The predicted octanol–water partition coefficient (Wildman–Crippen LogP) is 3.06. The number of aromatic nitrogens is 1. The standard InChI is InChI=1S/C11H15N/c1-9(2)4-5-11-6-7-12-8-10(11)3/h4-9H,1-3H3/b5-4+. The molecule has 0 saturated carbocycles. The zero-order chi connectivity index (χ0) is 8.97. The van der Waals surface area contributed by atoms with E-state index in [4.69, 9.17) is 0 Å². The van der Waals surface area contributed by atoms with Crippen molar-refractivity contribution in [2.45, 2.75) is 20.8 Å². The molecule has 1 heterocycles. The summed E-state index contributed by atoms with van der Waals surface area (Å²) in [5.41, 5.74) is 2.49. The summed E-state index contributed by atoms with van der Waals surface area (Å²) in [4.78, 5) is 4.04. The van der Waals surface area contributed by atoms with Gasteiger partial charge in [-0.25, -0.2) is 0 Å². The van der Waals surface area contributed by atoms with Crippen molar-refractivity contribution in [1.82, 2.24) is 4.98 Å². The fourth-order valence-electron chi connectivity index (χ4n) is 0.967. The van der Waals surface area contributed by atoms with Gasteiger partial charge in [-0.05, 0) is 30.0 Å². The fraction of sp³-hybridized carbons (Fsp3) is 0.364. The Balaban J connectivity index is 2.82. The van der Waals surface area contributed by atoms with Crippen LogP contribution in [0.25, 0.3) is 6.08 Å².